The van der Waals surface area contributed by atoms with Crippen molar-refractivity contribution in [3.05, 3.63) is 36.2 Å². The third kappa shape index (κ3) is 4.00. The second kappa shape index (κ2) is 7.90. The highest BCUT2D eigenvalue weighted by Crippen LogP contribution is 2.42. The predicted molar refractivity (Wildman–Crippen MR) is 108 cm³/mol. The van der Waals surface area contributed by atoms with Crippen LogP contribution in [0.3, 0.4) is 0 Å². The number of piperidine rings is 1. The summed E-state index contributed by atoms with van der Waals surface area (Å²) < 4.78 is 5.90. The van der Waals surface area contributed by atoms with Crippen molar-refractivity contribution < 1.29 is 4.74 Å². The van der Waals surface area contributed by atoms with Crippen molar-refractivity contribution in [2.45, 2.75) is 54.7 Å². The molecule has 0 bridgehead atoms. The van der Waals surface area contributed by atoms with Gasteiger partial charge in [0.15, 0.2) is 10.9 Å². The standard InChI is InChI=1S/C19H22N4OS2/c1-2-17(25)24-14-5-6-20-13(11-14)9-12-3-4-16-15(10-12)23-18-19(26-16)22-8-7-21-18/h3-4,7-8,10,13-14,20H,2,5-6,9,11H2,1H3,(H,21,23). The maximum absolute atomic E-state index is 5.90. The van der Waals surface area contributed by atoms with Gasteiger partial charge in [0, 0.05) is 29.8 Å². The van der Waals surface area contributed by atoms with Crippen LogP contribution in [0, 0.1) is 0 Å². The van der Waals surface area contributed by atoms with E-state index in [0.717, 1.165) is 53.8 Å². The largest absolute Gasteiger partial charge is 0.484 e. The molecule has 2 aliphatic heterocycles. The highest BCUT2D eigenvalue weighted by Gasteiger charge is 2.24. The van der Waals surface area contributed by atoms with Gasteiger partial charge < -0.3 is 15.4 Å². The number of fused-ring (bicyclic) bond motifs is 2. The molecule has 5 nitrogen and oxygen atoms in total. The normalized spacial score (nSPS) is 21.3. The quantitative estimate of drug-likeness (QED) is 0.655. The van der Waals surface area contributed by atoms with Crippen molar-refractivity contribution in [1.29, 1.82) is 0 Å². The summed E-state index contributed by atoms with van der Waals surface area (Å²) in [5.74, 6) is 0.833. The van der Waals surface area contributed by atoms with E-state index in [1.807, 2.05) is 6.92 Å². The lowest BCUT2D eigenvalue weighted by Crippen LogP contribution is -2.43. The molecule has 136 valence electrons. The van der Waals surface area contributed by atoms with Crippen LogP contribution in [0.5, 0.6) is 0 Å². The Bertz CT molecular complexity index is 814. The van der Waals surface area contributed by atoms with Gasteiger partial charge in [-0.3, -0.25) is 0 Å². The Kier molecular flexibility index (Phi) is 5.38. The van der Waals surface area contributed by atoms with Crippen LogP contribution >= 0.6 is 24.0 Å². The summed E-state index contributed by atoms with van der Waals surface area (Å²) in [6.07, 6.45) is 7.48. The van der Waals surface area contributed by atoms with Crippen molar-refractivity contribution in [3.63, 3.8) is 0 Å². The molecular formula is C19H22N4OS2. The number of anilines is 2. The van der Waals surface area contributed by atoms with E-state index in [1.165, 1.54) is 10.5 Å². The second-order valence-electron chi connectivity index (χ2n) is 6.61. The molecule has 0 radical (unpaired) electrons. The van der Waals surface area contributed by atoms with Gasteiger partial charge in [0.1, 0.15) is 11.1 Å². The van der Waals surface area contributed by atoms with Crippen LogP contribution in [0.4, 0.5) is 11.5 Å². The highest BCUT2D eigenvalue weighted by atomic mass is 32.2. The molecule has 2 atom stereocenters. The molecule has 26 heavy (non-hydrogen) atoms. The Morgan fingerprint density at radius 3 is 3.12 bits per heavy atom. The molecule has 2 aliphatic rings. The van der Waals surface area contributed by atoms with Gasteiger partial charge in [-0.15, -0.1) is 0 Å². The lowest BCUT2D eigenvalue weighted by molar-refractivity contribution is 0.129. The van der Waals surface area contributed by atoms with Gasteiger partial charge in [-0.2, -0.15) is 0 Å². The number of hydrogen-bond acceptors (Lipinski definition) is 7. The molecule has 0 aliphatic carbocycles. The van der Waals surface area contributed by atoms with Crippen molar-refractivity contribution >= 4 is 40.5 Å². The Balaban J connectivity index is 1.42. The number of thiocarbonyl (C=S) groups is 1. The molecule has 1 aromatic carbocycles. The Morgan fingerprint density at radius 2 is 2.23 bits per heavy atom. The summed E-state index contributed by atoms with van der Waals surface area (Å²) in [7, 11) is 0. The minimum absolute atomic E-state index is 0.238. The summed E-state index contributed by atoms with van der Waals surface area (Å²) in [6, 6.07) is 7.01. The lowest BCUT2D eigenvalue weighted by atomic mass is 9.95. The number of hydrogen-bond donors (Lipinski definition) is 2. The molecule has 4 rings (SSSR count). The minimum Gasteiger partial charge on any atom is -0.484 e. The van der Waals surface area contributed by atoms with E-state index in [1.54, 1.807) is 24.2 Å². The number of nitrogens with zero attached hydrogens (tertiary/aromatic N) is 2. The Labute approximate surface area is 163 Å². The molecule has 2 aromatic rings. The highest BCUT2D eigenvalue weighted by molar-refractivity contribution is 7.99. The maximum Gasteiger partial charge on any atom is 0.163 e. The first-order valence-electron chi connectivity index (χ1n) is 9.03. The van der Waals surface area contributed by atoms with Gasteiger partial charge in [0.05, 0.1) is 5.69 Å². The molecule has 1 fully saturated rings. The zero-order chi connectivity index (χ0) is 17.9. The first kappa shape index (κ1) is 17.7. The van der Waals surface area contributed by atoms with E-state index in [4.69, 9.17) is 17.0 Å². The number of ether oxygens (including phenoxy) is 1. The average Bonchev–Trinajstić information content (AvgIpc) is 2.66. The topological polar surface area (TPSA) is 59.1 Å². The zero-order valence-corrected chi connectivity index (χ0v) is 16.3. The van der Waals surface area contributed by atoms with Gasteiger partial charge >= 0.3 is 0 Å². The summed E-state index contributed by atoms with van der Waals surface area (Å²) >= 11 is 6.90. The fraction of sp³-hybridized carbons (Fsp3) is 0.421. The van der Waals surface area contributed by atoms with Gasteiger partial charge in [-0.1, -0.05) is 24.8 Å². The maximum atomic E-state index is 5.90. The molecule has 7 heteroatoms. The number of aromatic nitrogens is 2. The summed E-state index contributed by atoms with van der Waals surface area (Å²) in [6.45, 7) is 3.02. The van der Waals surface area contributed by atoms with E-state index < -0.39 is 0 Å². The Hall–Kier alpha value is -1.70. The van der Waals surface area contributed by atoms with E-state index in [-0.39, 0.29) is 6.10 Å². The van der Waals surface area contributed by atoms with Crippen molar-refractivity contribution in [1.82, 2.24) is 15.3 Å². The van der Waals surface area contributed by atoms with Crippen LogP contribution in [-0.2, 0) is 11.2 Å². The first-order valence-corrected chi connectivity index (χ1v) is 10.3. The van der Waals surface area contributed by atoms with Crippen molar-refractivity contribution in [2.75, 3.05) is 11.9 Å². The second-order valence-corrected chi connectivity index (χ2v) is 8.10. The number of nitrogens with one attached hydrogen (secondary N) is 2. The van der Waals surface area contributed by atoms with Gasteiger partial charge in [-0.05, 0) is 55.7 Å². The van der Waals surface area contributed by atoms with E-state index >= 15 is 0 Å². The monoisotopic (exact) mass is 386 g/mol. The van der Waals surface area contributed by atoms with Crippen LogP contribution in [0.25, 0.3) is 0 Å². The number of benzene rings is 1. The molecule has 2 N–H and O–H groups in total. The molecule has 0 spiro atoms. The van der Waals surface area contributed by atoms with E-state index in [0.29, 0.717) is 6.04 Å². The first-order chi connectivity index (χ1) is 12.7. The van der Waals surface area contributed by atoms with Crippen molar-refractivity contribution in [3.8, 4) is 0 Å². The van der Waals surface area contributed by atoms with E-state index in [2.05, 4.69) is 38.8 Å². The Morgan fingerprint density at radius 1 is 1.35 bits per heavy atom. The van der Waals surface area contributed by atoms with Crippen LogP contribution < -0.4 is 10.6 Å². The molecule has 3 heterocycles. The van der Waals surface area contributed by atoms with Crippen molar-refractivity contribution in [2.24, 2.45) is 0 Å². The molecule has 2 unspecified atom stereocenters. The summed E-state index contributed by atoms with van der Waals surface area (Å²) in [5, 5.41) is 8.67. The van der Waals surface area contributed by atoms with Gasteiger partial charge in [-0.25, -0.2) is 9.97 Å². The molecule has 0 amide bonds. The average molecular weight is 387 g/mol. The van der Waals surface area contributed by atoms with Gasteiger partial charge in [0.25, 0.3) is 0 Å². The predicted octanol–water partition coefficient (Wildman–Crippen LogP) is 4.10. The number of rotatable bonds is 4. The van der Waals surface area contributed by atoms with Crippen LogP contribution in [0.1, 0.15) is 31.7 Å². The van der Waals surface area contributed by atoms with Crippen LogP contribution in [-0.4, -0.2) is 33.7 Å². The smallest absolute Gasteiger partial charge is 0.163 e. The van der Waals surface area contributed by atoms with Crippen LogP contribution in [0.15, 0.2) is 40.5 Å². The molecule has 1 saturated heterocycles. The van der Waals surface area contributed by atoms with E-state index in [9.17, 15) is 0 Å². The molecule has 1 aromatic heterocycles. The lowest BCUT2D eigenvalue weighted by Gasteiger charge is -2.31. The fourth-order valence-corrected chi connectivity index (χ4v) is 4.41. The molecule has 0 saturated carbocycles. The summed E-state index contributed by atoms with van der Waals surface area (Å²) in [5.41, 5.74) is 2.41. The minimum atomic E-state index is 0.238. The van der Waals surface area contributed by atoms with Gasteiger partial charge in [0.2, 0.25) is 0 Å². The third-order valence-corrected chi connectivity index (χ3v) is 6.14. The SMILES string of the molecule is CCC(=S)OC1CCNC(Cc2ccc3c(c2)Nc2nccnc2S3)C1. The fourth-order valence-electron chi connectivity index (χ4n) is 3.39. The summed E-state index contributed by atoms with van der Waals surface area (Å²) in [4.78, 5) is 9.94. The molecular weight excluding hydrogens is 364 g/mol. The third-order valence-electron chi connectivity index (χ3n) is 4.68. The zero-order valence-electron chi connectivity index (χ0n) is 14.7. The van der Waals surface area contributed by atoms with Crippen LogP contribution in [0.2, 0.25) is 0 Å².